The molecule has 0 bridgehead atoms. The number of hydrogen-bond acceptors (Lipinski definition) is 0. The lowest BCUT2D eigenvalue weighted by atomic mass is 9.79. The van der Waals surface area contributed by atoms with Crippen LogP contribution >= 0.6 is 0 Å². The minimum Gasteiger partial charge on any atom is -0.0617 e. The SMILES string of the molecule is Cc1c(-c2c(C(C)C)cccc2C(C)C)cccc1-c1c(C(C)C)cccc1C(C)C. The average Bonchev–Trinajstić information content (AvgIpc) is 2.72. The van der Waals surface area contributed by atoms with E-state index in [4.69, 9.17) is 0 Å². The van der Waals surface area contributed by atoms with Crippen LogP contribution in [-0.2, 0) is 0 Å². The molecule has 3 aromatic carbocycles. The van der Waals surface area contributed by atoms with Crippen molar-refractivity contribution in [2.75, 3.05) is 0 Å². The number of hydrogen-bond donors (Lipinski definition) is 0. The third-order valence-corrected chi connectivity index (χ3v) is 6.62. The van der Waals surface area contributed by atoms with Crippen LogP contribution in [0, 0.1) is 6.92 Å². The topological polar surface area (TPSA) is 0 Å². The van der Waals surface area contributed by atoms with Gasteiger partial charge >= 0.3 is 0 Å². The van der Waals surface area contributed by atoms with Gasteiger partial charge in [-0.15, -0.1) is 0 Å². The molecule has 0 heterocycles. The van der Waals surface area contributed by atoms with Crippen LogP contribution in [0.4, 0.5) is 0 Å². The Hall–Kier alpha value is -2.34. The van der Waals surface area contributed by atoms with E-state index >= 15 is 0 Å². The Morgan fingerprint density at radius 1 is 0.419 bits per heavy atom. The van der Waals surface area contributed by atoms with Gasteiger partial charge in [-0.1, -0.05) is 110 Å². The van der Waals surface area contributed by atoms with Gasteiger partial charge in [-0.2, -0.15) is 0 Å². The molecule has 0 aliphatic rings. The van der Waals surface area contributed by atoms with Crippen molar-refractivity contribution >= 4 is 0 Å². The van der Waals surface area contributed by atoms with Crippen LogP contribution < -0.4 is 0 Å². The molecule has 0 unspecified atom stereocenters. The van der Waals surface area contributed by atoms with E-state index in [0.717, 1.165) is 0 Å². The first-order valence-electron chi connectivity index (χ1n) is 12.0. The summed E-state index contributed by atoms with van der Waals surface area (Å²) in [6.45, 7) is 20.8. The highest BCUT2D eigenvalue weighted by Gasteiger charge is 2.21. The lowest BCUT2D eigenvalue weighted by Gasteiger charge is -2.25. The predicted octanol–water partition coefficient (Wildman–Crippen LogP) is 9.82. The van der Waals surface area contributed by atoms with Gasteiger partial charge in [0.15, 0.2) is 0 Å². The van der Waals surface area contributed by atoms with Crippen molar-refractivity contribution in [1.82, 2.24) is 0 Å². The van der Waals surface area contributed by atoms with Crippen LogP contribution in [0.1, 0.15) is 107 Å². The van der Waals surface area contributed by atoms with Gasteiger partial charge < -0.3 is 0 Å². The fraction of sp³-hybridized carbons (Fsp3) is 0.419. The van der Waals surface area contributed by atoms with E-state index in [1.807, 2.05) is 0 Å². The highest BCUT2D eigenvalue weighted by molar-refractivity contribution is 5.84. The molecule has 0 heteroatoms. The summed E-state index contributed by atoms with van der Waals surface area (Å²) in [4.78, 5) is 0. The molecule has 3 aromatic rings. The molecule has 0 aliphatic heterocycles. The van der Waals surface area contributed by atoms with E-state index < -0.39 is 0 Å². The first-order chi connectivity index (χ1) is 14.6. The van der Waals surface area contributed by atoms with Crippen LogP contribution in [0.25, 0.3) is 22.3 Å². The first kappa shape index (κ1) is 23.3. The monoisotopic (exact) mass is 412 g/mol. The molecule has 3 rings (SSSR count). The standard InChI is InChI=1S/C31H40/c1-19(2)24-13-10-14-25(20(3)4)30(24)28-17-12-18-29(23(28)9)31-26(21(5)6)15-11-16-27(31)22(7)8/h10-22H,1-9H3. The molecule has 0 fully saturated rings. The van der Waals surface area contributed by atoms with Gasteiger partial charge in [-0.25, -0.2) is 0 Å². The fourth-order valence-electron chi connectivity index (χ4n) is 4.90. The zero-order valence-electron chi connectivity index (χ0n) is 21.0. The summed E-state index contributed by atoms with van der Waals surface area (Å²) in [5.41, 5.74) is 12.9. The van der Waals surface area contributed by atoms with Crippen LogP contribution in [0.2, 0.25) is 0 Å². The molecule has 0 saturated heterocycles. The molecule has 31 heavy (non-hydrogen) atoms. The van der Waals surface area contributed by atoms with Gasteiger partial charge in [0.1, 0.15) is 0 Å². The highest BCUT2D eigenvalue weighted by Crippen LogP contribution is 2.43. The molecular formula is C31H40. The van der Waals surface area contributed by atoms with Gasteiger partial charge in [0.25, 0.3) is 0 Å². The Labute approximate surface area is 190 Å². The molecule has 0 nitrogen and oxygen atoms in total. The quantitative estimate of drug-likeness (QED) is 0.378. The first-order valence-corrected chi connectivity index (χ1v) is 12.0. The van der Waals surface area contributed by atoms with Crippen molar-refractivity contribution in [2.24, 2.45) is 0 Å². The third-order valence-electron chi connectivity index (χ3n) is 6.62. The van der Waals surface area contributed by atoms with E-state index in [0.29, 0.717) is 23.7 Å². The van der Waals surface area contributed by atoms with E-state index in [2.05, 4.69) is 117 Å². The summed E-state index contributed by atoms with van der Waals surface area (Å²) >= 11 is 0. The summed E-state index contributed by atoms with van der Waals surface area (Å²) in [5.74, 6) is 1.97. The Bertz CT molecular complexity index is 913. The average molecular weight is 413 g/mol. The lowest BCUT2D eigenvalue weighted by molar-refractivity contribution is 0.836. The largest absolute Gasteiger partial charge is 0.0617 e. The van der Waals surface area contributed by atoms with Crippen molar-refractivity contribution in [3.8, 4) is 22.3 Å². The second kappa shape index (κ2) is 9.43. The van der Waals surface area contributed by atoms with Crippen molar-refractivity contribution in [1.29, 1.82) is 0 Å². The minimum atomic E-state index is 0.492. The second-order valence-corrected chi connectivity index (χ2v) is 10.2. The minimum absolute atomic E-state index is 0.492. The molecule has 0 aliphatic carbocycles. The Morgan fingerprint density at radius 3 is 0.935 bits per heavy atom. The van der Waals surface area contributed by atoms with Crippen LogP contribution in [-0.4, -0.2) is 0 Å². The maximum absolute atomic E-state index is 2.33. The van der Waals surface area contributed by atoms with Crippen molar-refractivity contribution in [3.05, 3.63) is 82.4 Å². The highest BCUT2D eigenvalue weighted by atomic mass is 14.3. The van der Waals surface area contributed by atoms with Crippen molar-refractivity contribution < 1.29 is 0 Å². The predicted molar refractivity (Wildman–Crippen MR) is 138 cm³/mol. The molecule has 164 valence electrons. The molecule has 0 aromatic heterocycles. The molecule has 0 saturated carbocycles. The summed E-state index contributed by atoms with van der Waals surface area (Å²) < 4.78 is 0. The molecule has 0 spiro atoms. The fourth-order valence-corrected chi connectivity index (χ4v) is 4.90. The van der Waals surface area contributed by atoms with E-state index in [1.54, 1.807) is 0 Å². The van der Waals surface area contributed by atoms with Gasteiger partial charge in [0, 0.05) is 0 Å². The van der Waals surface area contributed by atoms with Crippen LogP contribution in [0.15, 0.2) is 54.6 Å². The maximum atomic E-state index is 2.33. The third kappa shape index (κ3) is 4.49. The van der Waals surface area contributed by atoms with Crippen LogP contribution in [0.5, 0.6) is 0 Å². The number of rotatable bonds is 6. The van der Waals surface area contributed by atoms with Crippen molar-refractivity contribution in [2.45, 2.75) is 86.0 Å². The van der Waals surface area contributed by atoms with Gasteiger partial charge in [-0.3, -0.25) is 0 Å². The molecular weight excluding hydrogens is 372 g/mol. The molecule has 0 N–H and O–H groups in total. The van der Waals surface area contributed by atoms with Crippen LogP contribution in [0.3, 0.4) is 0 Å². The summed E-state index contributed by atoms with van der Waals surface area (Å²) in [7, 11) is 0. The van der Waals surface area contributed by atoms with E-state index in [-0.39, 0.29) is 0 Å². The van der Waals surface area contributed by atoms with Gasteiger partial charge in [-0.05, 0) is 80.7 Å². The maximum Gasteiger partial charge on any atom is -0.0112 e. The lowest BCUT2D eigenvalue weighted by Crippen LogP contribution is -2.04. The van der Waals surface area contributed by atoms with Crippen molar-refractivity contribution in [3.63, 3.8) is 0 Å². The second-order valence-electron chi connectivity index (χ2n) is 10.2. The Morgan fingerprint density at radius 2 is 0.677 bits per heavy atom. The normalized spacial score (nSPS) is 11.9. The van der Waals surface area contributed by atoms with E-state index in [1.165, 1.54) is 50.1 Å². The zero-order chi connectivity index (χ0) is 22.9. The van der Waals surface area contributed by atoms with Gasteiger partial charge in [0.05, 0.1) is 0 Å². The molecule has 0 radical (unpaired) electrons. The summed E-state index contributed by atoms with van der Waals surface area (Å²) in [6, 6.07) is 20.7. The van der Waals surface area contributed by atoms with E-state index in [9.17, 15) is 0 Å². The Balaban J connectivity index is 2.38. The van der Waals surface area contributed by atoms with Gasteiger partial charge in [0.2, 0.25) is 0 Å². The Kier molecular flexibility index (Phi) is 7.10. The zero-order valence-corrected chi connectivity index (χ0v) is 21.0. The molecule has 0 atom stereocenters. The summed E-state index contributed by atoms with van der Waals surface area (Å²) in [6.07, 6.45) is 0. The molecule has 0 amide bonds. The smallest absolute Gasteiger partial charge is 0.0112 e. The summed E-state index contributed by atoms with van der Waals surface area (Å²) in [5, 5.41) is 0. The number of benzene rings is 3.